The summed E-state index contributed by atoms with van der Waals surface area (Å²) in [6.45, 7) is 0. The predicted molar refractivity (Wildman–Crippen MR) is 113 cm³/mol. The van der Waals surface area contributed by atoms with Crippen LogP contribution >= 0.6 is 0 Å². The van der Waals surface area contributed by atoms with Crippen molar-refractivity contribution < 1.29 is 13.2 Å². The first-order chi connectivity index (χ1) is 14.0. The number of aromatic nitrogens is 2. The van der Waals surface area contributed by atoms with Gasteiger partial charge in [0.25, 0.3) is 0 Å². The van der Waals surface area contributed by atoms with E-state index in [0.717, 1.165) is 0 Å². The fraction of sp³-hybridized carbons (Fsp3) is 0.0909. The van der Waals surface area contributed by atoms with Gasteiger partial charge >= 0.3 is 0 Å². The van der Waals surface area contributed by atoms with E-state index in [4.69, 9.17) is 4.74 Å². The molecule has 0 fully saturated rings. The van der Waals surface area contributed by atoms with Crippen LogP contribution in [0.5, 0.6) is 5.75 Å². The molecule has 0 saturated carbocycles. The highest BCUT2D eigenvalue weighted by atomic mass is 32.2. The van der Waals surface area contributed by atoms with Crippen molar-refractivity contribution >= 4 is 32.4 Å². The van der Waals surface area contributed by atoms with Gasteiger partial charge in [0.2, 0.25) is 9.84 Å². The summed E-state index contributed by atoms with van der Waals surface area (Å²) in [6.07, 6.45) is 0. The summed E-state index contributed by atoms with van der Waals surface area (Å²) >= 11 is 0. The van der Waals surface area contributed by atoms with Gasteiger partial charge in [0.05, 0.1) is 23.9 Å². The van der Waals surface area contributed by atoms with Crippen LogP contribution in [-0.4, -0.2) is 25.5 Å². The third-order valence-corrected chi connectivity index (χ3v) is 5.97. The van der Waals surface area contributed by atoms with Crippen LogP contribution in [-0.2, 0) is 15.6 Å². The van der Waals surface area contributed by atoms with Crippen molar-refractivity contribution in [1.29, 1.82) is 0 Å². The SMILES string of the molecule is COc1ccc(Nc2nc3ccccc3nc2S(=O)(=O)Cc2ccccc2)cc1. The number of anilines is 2. The summed E-state index contributed by atoms with van der Waals surface area (Å²) in [5.74, 6) is 0.750. The lowest BCUT2D eigenvalue weighted by Crippen LogP contribution is -2.12. The summed E-state index contributed by atoms with van der Waals surface area (Å²) in [5, 5.41) is 3.03. The average molecular weight is 405 g/mol. The van der Waals surface area contributed by atoms with E-state index in [1.165, 1.54) is 0 Å². The van der Waals surface area contributed by atoms with E-state index in [9.17, 15) is 8.42 Å². The minimum Gasteiger partial charge on any atom is -0.497 e. The molecule has 3 aromatic carbocycles. The summed E-state index contributed by atoms with van der Waals surface area (Å²) in [7, 11) is -2.14. The molecule has 4 aromatic rings. The quantitative estimate of drug-likeness (QED) is 0.513. The number of rotatable bonds is 6. The molecule has 1 aromatic heterocycles. The van der Waals surface area contributed by atoms with Crippen molar-refractivity contribution in [3.63, 3.8) is 0 Å². The number of methoxy groups -OCH3 is 1. The molecule has 0 radical (unpaired) electrons. The lowest BCUT2D eigenvalue weighted by atomic mass is 10.2. The number of sulfone groups is 1. The topological polar surface area (TPSA) is 81.2 Å². The summed E-state index contributed by atoms with van der Waals surface area (Å²) in [4.78, 5) is 8.97. The molecule has 6 nitrogen and oxygen atoms in total. The minimum atomic E-state index is -3.73. The molecule has 0 aliphatic carbocycles. The lowest BCUT2D eigenvalue weighted by Gasteiger charge is -2.13. The highest BCUT2D eigenvalue weighted by Crippen LogP contribution is 2.27. The van der Waals surface area contributed by atoms with E-state index in [2.05, 4.69) is 15.3 Å². The van der Waals surface area contributed by atoms with Gasteiger partial charge in [0.15, 0.2) is 10.8 Å². The summed E-state index contributed by atoms with van der Waals surface area (Å²) in [6, 6.07) is 23.4. The van der Waals surface area contributed by atoms with Gasteiger partial charge in [-0.15, -0.1) is 0 Å². The van der Waals surface area contributed by atoms with Crippen LogP contribution in [0.1, 0.15) is 5.56 Å². The zero-order valence-corrected chi connectivity index (χ0v) is 16.6. The molecular weight excluding hydrogens is 386 g/mol. The Bertz CT molecular complexity index is 1240. The fourth-order valence-electron chi connectivity index (χ4n) is 2.96. The average Bonchev–Trinajstić information content (AvgIpc) is 2.74. The van der Waals surface area contributed by atoms with E-state index in [1.807, 2.05) is 24.3 Å². The van der Waals surface area contributed by atoms with Crippen LogP contribution < -0.4 is 10.1 Å². The maximum absolute atomic E-state index is 13.2. The van der Waals surface area contributed by atoms with Gasteiger partial charge in [-0.25, -0.2) is 18.4 Å². The van der Waals surface area contributed by atoms with Crippen LogP contribution in [0.3, 0.4) is 0 Å². The molecule has 29 heavy (non-hydrogen) atoms. The van der Waals surface area contributed by atoms with Crippen molar-refractivity contribution in [3.8, 4) is 5.75 Å². The Morgan fingerprint density at radius 3 is 2.10 bits per heavy atom. The van der Waals surface area contributed by atoms with Crippen molar-refractivity contribution in [2.75, 3.05) is 12.4 Å². The number of ether oxygens (including phenoxy) is 1. The van der Waals surface area contributed by atoms with E-state index < -0.39 is 9.84 Å². The molecule has 0 unspecified atom stereocenters. The van der Waals surface area contributed by atoms with Gasteiger partial charge in [-0.1, -0.05) is 42.5 Å². The minimum absolute atomic E-state index is 0.0733. The normalized spacial score (nSPS) is 11.3. The third kappa shape index (κ3) is 4.20. The molecule has 4 rings (SSSR count). The zero-order valence-electron chi connectivity index (χ0n) is 15.7. The molecule has 7 heteroatoms. The van der Waals surface area contributed by atoms with Crippen molar-refractivity contribution in [3.05, 3.63) is 84.4 Å². The molecule has 0 bridgehead atoms. The van der Waals surface area contributed by atoms with Gasteiger partial charge in [0, 0.05) is 5.69 Å². The molecule has 0 amide bonds. The largest absolute Gasteiger partial charge is 0.497 e. The lowest BCUT2D eigenvalue weighted by molar-refractivity contribution is 0.415. The number of fused-ring (bicyclic) bond motifs is 1. The third-order valence-electron chi connectivity index (χ3n) is 4.39. The number of hydrogen-bond donors (Lipinski definition) is 1. The van der Waals surface area contributed by atoms with Gasteiger partial charge in [0.1, 0.15) is 5.75 Å². The van der Waals surface area contributed by atoms with E-state index in [1.54, 1.807) is 61.7 Å². The Hall–Kier alpha value is -3.45. The molecule has 0 saturated heterocycles. The van der Waals surface area contributed by atoms with Crippen LogP contribution in [0, 0.1) is 0 Å². The number of para-hydroxylation sites is 2. The van der Waals surface area contributed by atoms with Gasteiger partial charge in [-0.05, 0) is 42.0 Å². The Morgan fingerprint density at radius 2 is 1.45 bits per heavy atom. The van der Waals surface area contributed by atoms with Crippen molar-refractivity contribution in [1.82, 2.24) is 9.97 Å². The molecule has 0 aliphatic rings. The number of hydrogen-bond acceptors (Lipinski definition) is 6. The predicted octanol–water partition coefficient (Wildman–Crippen LogP) is 4.36. The van der Waals surface area contributed by atoms with Crippen LogP contribution in [0.15, 0.2) is 83.9 Å². The molecular formula is C22H19N3O3S. The smallest absolute Gasteiger partial charge is 0.203 e. The van der Waals surface area contributed by atoms with Gasteiger partial charge in [-0.2, -0.15) is 0 Å². The Morgan fingerprint density at radius 1 is 0.828 bits per heavy atom. The van der Waals surface area contributed by atoms with Crippen molar-refractivity contribution in [2.45, 2.75) is 10.8 Å². The molecule has 0 aliphatic heterocycles. The monoisotopic (exact) mass is 405 g/mol. The molecule has 146 valence electrons. The highest BCUT2D eigenvalue weighted by molar-refractivity contribution is 7.90. The van der Waals surface area contributed by atoms with Crippen LogP contribution in [0.4, 0.5) is 11.5 Å². The Balaban J connectivity index is 1.79. The highest BCUT2D eigenvalue weighted by Gasteiger charge is 2.24. The zero-order chi connectivity index (χ0) is 20.3. The van der Waals surface area contributed by atoms with Crippen LogP contribution in [0.25, 0.3) is 11.0 Å². The second-order valence-electron chi connectivity index (χ2n) is 6.46. The second-order valence-corrected chi connectivity index (χ2v) is 8.37. The summed E-state index contributed by atoms with van der Waals surface area (Å²) < 4.78 is 31.6. The first-order valence-corrected chi connectivity index (χ1v) is 10.6. The molecule has 0 spiro atoms. The number of benzene rings is 3. The Labute approximate surface area is 169 Å². The van der Waals surface area contributed by atoms with E-state index >= 15 is 0 Å². The van der Waals surface area contributed by atoms with Crippen molar-refractivity contribution in [2.24, 2.45) is 0 Å². The standard InChI is InChI=1S/C22H19N3O3S/c1-28-18-13-11-17(12-14-18)23-21-22(25-20-10-6-5-9-19(20)24-21)29(26,27)15-16-7-3-2-4-8-16/h2-14H,15H2,1H3,(H,23,24). The number of nitrogens with zero attached hydrogens (tertiary/aromatic N) is 2. The maximum Gasteiger partial charge on any atom is 0.203 e. The Kier molecular flexibility index (Phi) is 5.14. The van der Waals surface area contributed by atoms with Gasteiger partial charge in [-0.3, -0.25) is 0 Å². The first kappa shape index (κ1) is 18.9. The maximum atomic E-state index is 13.2. The molecule has 1 N–H and O–H groups in total. The second kappa shape index (κ2) is 7.89. The summed E-state index contributed by atoms with van der Waals surface area (Å²) in [5.41, 5.74) is 2.52. The number of nitrogens with one attached hydrogen (secondary N) is 1. The molecule has 0 atom stereocenters. The van der Waals surface area contributed by atoms with Crippen LogP contribution in [0.2, 0.25) is 0 Å². The molecule has 1 heterocycles. The van der Waals surface area contributed by atoms with E-state index in [-0.39, 0.29) is 16.6 Å². The van der Waals surface area contributed by atoms with E-state index in [0.29, 0.717) is 28.0 Å². The first-order valence-electron chi connectivity index (χ1n) is 9.00. The fourth-order valence-corrected chi connectivity index (χ4v) is 4.35. The van der Waals surface area contributed by atoms with Gasteiger partial charge < -0.3 is 10.1 Å².